The standard InChI is InChI=1S/C26H32N2O5/c29-21(16-27-10-9-19-4-1-2-5-20(19)15-27)17-28-11-13-32-25-14-22(7-8-24(25)26(28)30)33-18-23-6-3-12-31-23/h1-2,4-5,7-8,14,21,23,29H,3,6,9-13,15-18H2. The molecule has 2 aromatic rings. The average molecular weight is 453 g/mol. The first-order valence-electron chi connectivity index (χ1n) is 11.9. The topological polar surface area (TPSA) is 71.5 Å². The summed E-state index contributed by atoms with van der Waals surface area (Å²) in [6.07, 6.45) is 2.60. The molecular formula is C26H32N2O5. The zero-order chi connectivity index (χ0) is 22.6. The Labute approximate surface area is 194 Å². The minimum absolute atomic E-state index is 0.115. The summed E-state index contributed by atoms with van der Waals surface area (Å²) >= 11 is 0. The first-order chi connectivity index (χ1) is 16.2. The van der Waals surface area contributed by atoms with E-state index in [9.17, 15) is 9.90 Å². The molecule has 0 aromatic heterocycles. The third-order valence-electron chi connectivity index (χ3n) is 6.66. The highest BCUT2D eigenvalue weighted by Crippen LogP contribution is 2.29. The SMILES string of the molecule is O=C1c2ccc(OCC3CCCO3)cc2OCCN1CC(O)CN1CCc2ccccc2C1. The van der Waals surface area contributed by atoms with Gasteiger partial charge in [0.15, 0.2) is 0 Å². The second-order valence-corrected chi connectivity index (χ2v) is 9.11. The van der Waals surface area contributed by atoms with E-state index in [0.29, 0.717) is 43.4 Å². The number of nitrogens with zero attached hydrogens (tertiary/aromatic N) is 2. The van der Waals surface area contributed by atoms with Gasteiger partial charge < -0.3 is 24.2 Å². The van der Waals surface area contributed by atoms with E-state index in [2.05, 4.69) is 29.2 Å². The number of amides is 1. The van der Waals surface area contributed by atoms with Crippen molar-refractivity contribution in [2.75, 3.05) is 46.0 Å². The first kappa shape index (κ1) is 22.2. The second-order valence-electron chi connectivity index (χ2n) is 9.11. The number of β-amino-alcohol motifs (C(OH)–C–C–N with tert-alkyl or cyclic N) is 1. The number of ether oxygens (including phenoxy) is 3. The molecule has 1 fully saturated rings. The highest BCUT2D eigenvalue weighted by atomic mass is 16.5. The second kappa shape index (κ2) is 10.1. The number of fused-ring (bicyclic) bond motifs is 2. The average Bonchev–Trinajstić information content (AvgIpc) is 3.30. The number of hydrogen-bond acceptors (Lipinski definition) is 6. The number of hydrogen-bond donors (Lipinski definition) is 1. The fourth-order valence-corrected chi connectivity index (χ4v) is 4.89. The van der Waals surface area contributed by atoms with Crippen LogP contribution in [0, 0.1) is 0 Å². The largest absolute Gasteiger partial charge is 0.491 e. The van der Waals surface area contributed by atoms with Crippen LogP contribution in [0.5, 0.6) is 11.5 Å². The van der Waals surface area contributed by atoms with Crippen molar-refractivity contribution in [1.82, 2.24) is 9.80 Å². The van der Waals surface area contributed by atoms with Gasteiger partial charge in [0, 0.05) is 38.9 Å². The lowest BCUT2D eigenvalue weighted by Crippen LogP contribution is -2.44. The number of rotatable bonds is 7. The van der Waals surface area contributed by atoms with E-state index in [-0.39, 0.29) is 18.6 Å². The predicted molar refractivity (Wildman–Crippen MR) is 124 cm³/mol. The van der Waals surface area contributed by atoms with Gasteiger partial charge in [-0.3, -0.25) is 9.69 Å². The predicted octanol–water partition coefficient (Wildman–Crippen LogP) is 2.50. The Balaban J connectivity index is 1.17. The molecule has 5 rings (SSSR count). The molecule has 0 bridgehead atoms. The Morgan fingerprint density at radius 2 is 1.97 bits per heavy atom. The molecule has 0 saturated carbocycles. The summed E-state index contributed by atoms with van der Waals surface area (Å²) in [6, 6.07) is 13.8. The summed E-state index contributed by atoms with van der Waals surface area (Å²) in [5, 5.41) is 10.8. The minimum Gasteiger partial charge on any atom is -0.491 e. The summed E-state index contributed by atoms with van der Waals surface area (Å²) in [4.78, 5) is 17.1. The van der Waals surface area contributed by atoms with Crippen molar-refractivity contribution in [3.63, 3.8) is 0 Å². The van der Waals surface area contributed by atoms with Crippen LogP contribution in [0.25, 0.3) is 0 Å². The fourth-order valence-electron chi connectivity index (χ4n) is 4.89. The molecule has 2 aromatic carbocycles. The number of aliphatic hydroxyl groups excluding tert-OH is 1. The molecule has 3 aliphatic rings. The van der Waals surface area contributed by atoms with Crippen LogP contribution in [0.2, 0.25) is 0 Å². The van der Waals surface area contributed by atoms with Gasteiger partial charge >= 0.3 is 0 Å². The van der Waals surface area contributed by atoms with E-state index in [1.54, 1.807) is 23.1 Å². The van der Waals surface area contributed by atoms with Crippen molar-refractivity contribution >= 4 is 5.91 Å². The zero-order valence-electron chi connectivity index (χ0n) is 18.9. The Hall–Kier alpha value is -2.61. The number of aliphatic hydroxyl groups is 1. The highest BCUT2D eigenvalue weighted by molar-refractivity contribution is 5.97. The summed E-state index contributed by atoms with van der Waals surface area (Å²) < 4.78 is 17.3. The van der Waals surface area contributed by atoms with Crippen LogP contribution < -0.4 is 9.47 Å². The van der Waals surface area contributed by atoms with Gasteiger partial charge in [0.1, 0.15) is 24.7 Å². The van der Waals surface area contributed by atoms with E-state index in [4.69, 9.17) is 14.2 Å². The monoisotopic (exact) mass is 452 g/mol. The molecule has 0 radical (unpaired) electrons. The summed E-state index contributed by atoms with van der Waals surface area (Å²) in [5.74, 6) is 1.10. The molecule has 2 unspecified atom stereocenters. The smallest absolute Gasteiger partial charge is 0.257 e. The van der Waals surface area contributed by atoms with Gasteiger partial charge in [-0.15, -0.1) is 0 Å². The summed E-state index contributed by atoms with van der Waals surface area (Å²) in [5.41, 5.74) is 3.22. The lowest BCUT2D eigenvalue weighted by atomic mass is 10.00. The Kier molecular flexibility index (Phi) is 6.80. The van der Waals surface area contributed by atoms with Crippen LogP contribution in [0.15, 0.2) is 42.5 Å². The van der Waals surface area contributed by atoms with Crippen molar-refractivity contribution < 1.29 is 24.1 Å². The Morgan fingerprint density at radius 3 is 2.82 bits per heavy atom. The van der Waals surface area contributed by atoms with E-state index >= 15 is 0 Å². The fraction of sp³-hybridized carbons (Fsp3) is 0.500. The minimum atomic E-state index is -0.616. The molecule has 176 valence electrons. The number of carbonyl (C=O) groups is 1. The van der Waals surface area contributed by atoms with Gasteiger partial charge in [-0.2, -0.15) is 0 Å². The normalized spacial score (nSPS) is 21.7. The van der Waals surface area contributed by atoms with Crippen molar-refractivity contribution in [1.29, 1.82) is 0 Å². The van der Waals surface area contributed by atoms with Crippen molar-refractivity contribution in [2.24, 2.45) is 0 Å². The molecular weight excluding hydrogens is 420 g/mol. The zero-order valence-corrected chi connectivity index (χ0v) is 18.9. The van der Waals surface area contributed by atoms with E-state index < -0.39 is 6.10 Å². The maximum Gasteiger partial charge on any atom is 0.257 e. The maximum atomic E-state index is 13.2. The van der Waals surface area contributed by atoms with Crippen LogP contribution >= 0.6 is 0 Å². The molecule has 3 aliphatic heterocycles. The molecule has 3 heterocycles. The van der Waals surface area contributed by atoms with Crippen molar-refractivity contribution in [3.8, 4) is 11.5 Å². The third kappa shape index (κ3) is 5.32. The third-order valence-corrected chi connectivity index (χ3v) is 6.66. The highest BCUT2D eigenvalue weighted by Gasteiger charge is 2.27. The van der Waals surface area contributed by atoms with E-state index in [1.165, 1.54) is 11.1 Å². The van der Waals surface area contributed by atoms with Gasteiger partial charge in [-0.05, 0) is 42.5 Å². The van der Waals surface area contributed by atoms with Crippen LogP contribution in [0.4, 0.5) is 0 Å². The molecule has 7 nitrogen and oxygen atoms in total. The van der Waals surface area contributed by atoms with Crippen LogP contribution in [-0.2, 0) is 17.7 Å². The molecule has 2 atom stereocenters. The Bertz CT molecular complexity index is 975. The van der Waals surface area contributed by atoms with Crippen LogP contribution in [0.3, 0.4) is 0 Å². The van der Waals surface area contributed by atoms with Crippen molar-refractivity contribution in [2.45, 2.75) is 38.0 Å². The Morgan fingerprint density at radius 1 is 1.09 bits per heavy atom. The molecule has 1 saturated heterocycles. The van der Waals surface area contributed by atoms with Gasteiger partial charge in [-0.25, -0.2) is 0 Å². The lowest BCUT2D eigenvalue weighted by Gasteiger charge is -2.32. The number of carbonyl (C=O) groups excluding carboxylic acids is 1. The molecule has 1 amide bonds. The molecule has 33 heavy (non-hydrogen) atoms. The maximum absolute atomic E-state index is 13.2. The van der Waals surface area contributed by atoms with Crippen LogP contribution in [-0.4, -0.2) is 79.0 Å². The molecule has 7 heteroatoms. The summed E-state index contributed by atoms with van der Waals surface area (Å²) in [6.45, 7) is 4.72. The molecule has 0 aliphatic carbocycles. The van der Waals surface area contributed by atoms with Gasteiger partial charge in [0.05, 0.1) is 24.3 Å². The lowest BCUT2D eigenvalue weighted by molar-refractivity contribution is 0.0501. The quantitative estimate of drug-likeness (QED) is 0.696. The number of benzene rings is 2. The molecule has 1 N–H and O–H groups in total. The van der Waals surface area contributed by atoms with Crippen LogP contribution in [0.1, 0.15) is 34.3 Å². The molecule has 0 spiro atoms. The van der Waals surface area contributed by atoms with Gasteiger partial charge in [-0.1, -0.05) is 24.3 Å². The van der Waals surface area contributed by atoms with Gasteiger partial charge in [0.2, 0.25) is 0 Å². The van der Waals surface area contributed by atoms with Gasteiger partial charge in [0.25, 0.3) is 5.91 Å². The van der Waals surface area contributed by atoms with E-state index in [0.717, 1.165) is 39.0 Å². The van der Waals surface area contributed by atoms with Crippen molar-refractivity contribution in [3.05, 3.63) is 59.2 Å². The first-order valence-corrected chi connectivity index (χ1v) is 11.9. The van der Waals surface area contributed by atoms with E-state index in [1.807, 2.05) is 0 Å². The summed E-state index contributed by atoms with van der Waals surface area (Å²) in [7, 11) is 0.